The van der Waals surface area contributed by atoms with E-state index in [9.17, 15) is 9.59 Å². The van der Waals surface area contributed by atoms with Crippen LogP contribution >= 0.6 is 11.6 Å². The molecule has 1 heterocycles. The number of hydrogen-bond donors (Lipinski definition) is 0. The number of hydrogen-bond acceptors (Lipinski definition) is 4. The van der Waals surface area contributed by atoms with E-state index >= 15 is 0 Å². The first kappa shape index (κ1) is 18.3. The number of fused-ring (bicyclic) bond motifs is 1. The second kappa shape index (κ2) is 7.38. The summed E-state index contributed by atoms with van der Waals surface area (Å²) in [5, 5.41) is 0.458. The molecule has 1 aliphatic heterocycles. The minimum Gasteiger partial charge on any atom is -0.496 e. The van der Waals surface area contributed by atoms with Crippen molar-refractivity contribution in [3.8, 4) is 5.75 Å². The number of methoxy groups -OCH3 is 2. The third kappa shape index (κ3) is 3.15. The summed E-state index contributed by atoms with van der Waals surface area (Å²) in [4.78, 5) is 27.2. The maximum Gasteiger partial charge on any atom is 0.313 e. The maximum atomic E-state index is 13.3. The lowest BCUT2D eigenvalue weighted by molar-refractivity contribution is -0.142. The first-order chi connectivity index (χ1) is 12.5. The third-order valence-corrected chi connectivity index (χ3v) is 4.92. The van der Waals surface area contributed by atoms with Gasteiger partial charge in [0.25, 0.3) is 5.91 Å². The molecular formula is C20H20ClNO4. The molecule has 6 heteroatoms. The Morgan fingerprint density at radius 2 is 1.88 bits per heavy atom. The standard InChI is InChI=1S/C20H20ClNO4/c1-12-10-15(20(24)26-3)14-6-4-5-7-17(14)22(12)19(23)16-11-13(21)8-9-18(16)25-2/h4-9,11-12,15H,10H2,1-3H3. The van der Waals surface area contributed by atoms with Crippen molar-refractivity contribution >= 4 is 29.2 Å². The zero-order valence-corrected chi connectivity index (χ0v) is 15.6. The molecule has 0 spiro atoms. The van der Waals surface area contributed by atoms with Crippen molar-refractivity contribution in [1.82, 2.24) is 0 Å². The lowest BCUT2D eigenvalue weighted by Crippen LogP contribution is -2.44. The maximum absolute atomic E-state index is 13.3. The Morgan fingerprint density at radius 3 is 2.58 bits per heavy atom. The number of nitrogens with zero attached hydrogens (tertiary/aromatic N) is 1. The number of para-hydroxylation sites is 1. The molecule has 0 aliphatic carbocycles. The van der Waals surface area contributed by atoms with Gasteiger partial charge < -0.3 is 14.4 Å². The van der Waals surface area contributed by atoms with Crippen molar-refractivity contribution in [2.45, 2.75) is 25.3 Å². The number of anilines is 1. The fourth-order valence-corrected chi connectivity index (χ4v) is 3.64. The Bertz CT molecular complexity index is 851. The van der Waals surface area contributed by atoms with Crippen LogP contribution in [-0.2, 0) is 9.53 Å². The Kier molecular flexibility index (Phi) is 5.18. The van der Waals surface area contributed by atoms with Crippen molar-refractivity contribution in [2.75, 3.05) is 19.1 Å². The van der Waals surface area contributed by atoms with Crippen LogP contribution in [0.4, 0.5) is 5.69 Å². The van der Waals surface area contributed by atoms with Gasteiger partial charge in [0, 0.05) is 16.8 Å². The summed E-state index contributed by atoms with van der Waals surface area (Å²) in [6.07, 6.45) is 0.484. The summed E-state index contributed by atoms with van der Waals surface area (Å²) in [5.74, 6) is -0.444. The quantitative estimate of drug-likeness (QED) is 0.762. The first-order valence-corrected chi connectivity index (χ1v) is 8.69. The highest BCUT2D eigenvalue weighted by molar-refractivity contribution is 6.31. The molecule has 2 aromatic carbocycles. The van der Waals surface area contributed by atoms with E-state index in [1.54, 1.807) is 23.1 Å². The molecule has 0 aromatic heterocycles. The molecule has 0 radical (unpaired) electrons. The number of esters is 1. The molecule has 2 aromatic rings. The smallest absolute Gasteiger partial charge is 0.313 e. The predicted molar refractivity (Wildman–Crippen MR) is 100 cm³/mol. The normalized spacial score (nSPS) is 18.8. The van der Waals surface area contributed by atoms with E-state index in [1.807, 2.05) is 31.2 Å². The Morgan fingerprint density at radius 1 is 1.15 bits per heavy atom. The minimum absolute atomic E-state index is 0.190. The summed E-state index contributed by atoms with van der Waals surface area (Å²) in [6.45, 7) is 1.92. The summed E-state index contributed by atoms with van der Waals surface area (Å²) >= 11 is 6.09. The molecule has 1 amide bonds. The third-order valence-electron chi connectivity index (χ3n) is 4.69. The molecule has 3 rings (SSSR count). The molecule has 136 valence electrons. The van der Waals surface area contributed by atoms with Gasteiger partial charge in [0.05, 0.1) is 25.7 Å². The highest BCUT2D eigenvalue weighted by Gasteiger charge is 2.38. The second-order valence-corrected chi connectivity index (χ2v) is 6.68. The number of benzene rings is 2. The van der Waals surface area contributed by atoms with Gasteiger partial charge in [0.15, 0.2) is 0 Å². The van der Waals surface area contributed by atoms with Crippen molar-refractivity contribution in [1.29, 1.82) is 0 Å². The Hall–Kier alpha value is -2.53. The number of amides is 1. The molecule has 0 N–H and O–H groups in total. The molecule has 5 nitrogen and oxygen atoms in total. The fraction of sp³-hybridized carbons (Fsp3) is 0.300. The van der Waals surface area contributed by atoms with Gasteiger partial charge in [-0.05, 0) is 43.2 Å². The van der Waals surface area contributed by atoms with Crippen LogP contribution in [0.25, 0.3) is 0 Å². The first-order valence-electron chi connectivity index (χ1n) is 8.31. The zero-order valence-electron chi connectivity index (χ0n) is 14.9. The monoisotopic (exact) mass is 373 g/mol. The summed E-state index contributed by atoms with van der Waals surface area (Å²) in [7, 11) is 2.89. The van der Waals surface area contributed by atoms with Gasteiger partial charge in [-0.15, -0.1) is 0 Å². The Labute approximate surface area is 157 Å². The highest BCUT2D eigenvalue weighted by Crippen LogP contribution is 2.40. The van der Waals surface area contributed by atoms with E-state index in [0.717, 1.165) is 5.56 Å². The molecule has 0 fully saturated rings. The number of carbonyl (C=O) groups excluding carboxylic acids is 2. The van der Waals surface area contributed by atoms with Crippen molar-refractivity contribution in [2.24, 2.45) is 0 Å². The lowest BCUT2D eigenvalue weighted by atomic mass is 9.85. The van der Waals surface area contributed by atoms with Crippen molar-refractivity contribution in [3.63, 3.8) is 0 Å². The van der Waals surface area contributed by atoms with Crippen LogP contribution in [0.1, 0.15) is 35.2 Å². The number of carbonyl (C=O) groups is 2. The minimum atomic E-state index is -0.392. The fourth-order valence-electron chi connectivity index (χ4n) is 3.46. The van der Waals surface area contributed by atoms with E-state index in [1.165, 1.54) is 14.2 Å². The molecule has 2 atom stereocenters. The van der Waals surface area contributed by atoms with E-state index in [2.05, 4.69) is 0 Å². The molecule has 0 saturated heterocycles. The van der Waals surface area contributed by atoms with Gasteiger partial charge in [-0.3, -0.25) is 9.59 Å². The van der Waals surface area contributed by atoms with Gasteiger partial charge >= 0.3 is 5.97 Å². The predicted octanol–water partition coefficient (Wildman–Crippen LogP) is 4.04. The van der Waals surface area contributed by atoms with Crippen LogP contribution in [0.3, 0.4) is 0 Å². The van der Waals surface area contributed by atoms with Crippen LogP contribution in [-0.4, -0.2) is 32.1 Å². The Balaban J connectivity index is 2.09. The van der Waals surface area contributed by atoms with Crippen LogP contribution in [0.5, 0.6) is 5.75 Å². The largest absolute Gasteiger partial charge is 0.496 e. The highest BCUT2D eigenvalue weighted by atomic mass is 35.5. The second-order valence-electron chi connectivity index (χ2n) is 6.24. The number of halogens is 1. The van der Waals surface area contributed by atoms with Gasteiger partial charge in [-0.25, -0.2) is 0 Å². The summed E-state index contributed by atoms with van der Waals surface area (Å²) in [6, 6.07) is 12.2. The van der Waals surface area contributed by atoms with Gasteiger partial charge in [-0.1, -0.05) is 29.8 Å². The van der Waals surface area contributed by atoms with Crippen molar-refractivity contribution in [3.05, 3.63) is 58.6 Å². The van der Waals surface area contributed by atoms with Gasteiger partial charge in [0.1, 0.15) is 5.75 Å². The van der Waals surface area contributed by atoms with E-state index in [4.69, 9.17) is 21.1 Å². The average molecular weight is 374 g/mol. The van der Waals surface area contributed by atoms with E-state index in [-0.39, 0.29) is 17.9 Å². The van der Waals surface area contributed by atoms with Gasteiger partial charge in [0.2, 0.25) is 0 Å². The molecule has 0 bridgehead atoms. The van der Waals surface area contributed by atoms with Crippen LogP contribution in [0.2, 0.25) is 5.02 Å². The average Bonchev–Trinajstić information content (AvgIpc) is 2.66. The zero-order chi connectivity index (χ0) is 18.8. The van der Waals surface area contributed by atoms with Gasteiger partial charge in [-0.2, -0.15) is 0 Å². The molecule has 26 heavy (non-hydrogen) atoms. The summed E-state index contributed by atoms with van der Waals surface area (Å²) < 4.78 is 10.3. The molecular weight excluding hydrogens is 354 g/mol. The topological polar surface area (TPSA) is 55.8 Å². The van der Waals surface area contributed by atoms with Crippen LogP contribution in [0, 0.1) is 0 Å². The lowest BCUT2D eigenvalue weighted by Gasteiger charge is -2.38. The van der Waals surface area contributed by atoms with Crippen LogP contribution < -0.4 is 9.64 Å². The number of ether oxygens (including phenoxy) is 2. The van der Waals surface area contributed by atoms with E-state index < -0.39 is 5.92 Å². The SMILES string of the molecule is COC(=O)C1CC(C)N(C(=O)c2cc(Cl)ccc2OC)c2ccccc21. The molecule has 1 aliphatic rings. The number of rotatable bonds is 3. The molecule has 0 saturated carbocycles. The van der Waals surface area contributed by atoms with Crippen LogP contribution in [0.15, 0.2) is 42.5 Å². The summed E-state index contributed by atoms with van der Waals surface area (Å²) in [5.41, 5.74) is 1.87. The van der Waals surface area contributed by atoms with E-state index in [0.29, 0.717) is 28.4 Å². The van der Waals surface area contributed by atoms with Crippen molar-refractivity contribution < 1.29 is 19.1 Å². The molecule has 2 unspecified atom stereocenters.